The average molecular weight is 346 g/mol. The summed E-state index contributed by atoms with van der Waals surface area (Å²) in [6.07, 6.45) is 9.39. The molecule has 0 atom stereocenters. The normalized spacial score (nSPS) is 21.5. The van der Waals surface area contributed by atoms with Crippen molar-refractivity contribution in [1.82, 2.24) is 10.2 Å². The summed E-state index contributed by atoms with van der Waals surface area (Å²) in [4.78, 5) is 14.1. The molecule has 0 aromatic carbocycles. The van der Waals surface area contributed by atoms with E-state index in [0.29, 0.717) is 13.0 Å². The zero-order valence-electron chi connectivity index (χ0n) is 14.0. The Labute approximate surface area is 142 Å². The number of thioether (sulfide) groups is 1. The van der Waals surface area contributed by atoms with Gasteiger partial charge in [-0.25, -0.2) is 8.78 Å². The molecule has 23 heavy (non-hydrogen) atoms. The zero-order chi connectivity index (χ0) is 16.7. The number of alkyl halides is 2. The van der Waals surface area contributed by atoms with E-state index >= 15 is 0 Å². The van der Waals surface area contributed by atoms with E-state index in [1.54, 1.807) is 0 Å². The molecule has 0 saturated heterocycles. The van der Waals surface area contributed by atoms with Gasteiger partial charge >= 0.3 is 0 Å². The minimum Gasteiger partial charge on any atom is -0.330 e. The minimum atomic E-state index is -2.68. The molecular formula is C17H28F2N2OS. The van der Waals surface area contributed by atoms with Crippen molar-refractivity contribution in [2.75, 3.05) is 25.4 Å². The lowest BCUT2D eigenvalue weighted by Gasteiger charge is -2.32. The maximum Gasteiger partial charge on any atom is 0.254 e. The fourth-order valence-corrected chi connectivity index (χ4v) is 4.36. The number of amides is 1. The molecule has 3 nitrogen and oxygen atoms in total. The summed E-state index contributed by atoms with van der Waals surface area (Å²) in [6, 6.07) is 0. The van der Waals surface area contributed by atoms with Gasteiger partial charge < -0.3 is 5.32 Å². The van der Waals surface area contributed by atoms with Crippen molar-refractivity contribution in [3.05, 3.63) is 10.6 Å². The highest BCUT2D eigenvalue weighted by Crippen LogP contribution is 2.32. The van der Waals surface area contributed by atoms with Crippen molar-refractivity contribution < 1.29 is 13.6 Å². The number of hydrogen-bond donors (Lipinski definition) is 1. The summed E-state index contributed by atoms with van der Waals surface area (Å²) >= 11 is 1.18. The van der Waals surface area contributed by atoms with Gasteiger partial charge in [0.2, 0.25) is 6.41 Å². The Kier molecular flexibility index (Phi) is 7.34. The van der Waals surface area contributed by atoms with Crippen LogP contribution in [0.1, 0.15) is 51.9 Å². The largest absolute Gasteiger partial charge is 0.330 e. The van der Waals surface area contributed by atoms with Crippen LogP contribution < -0.4 is 5.32 Å². The first-order chi connectivity index (χ1) is 11.0. The number of nitrogens with zero attached hydrogens (tertiary/aromatic N) is 1. The van der Waals surface area contributed by atoms with E-state index in [2.05, 4.69) is 10.2 Å². The summed E-state index contributed by atoms with van der Waals surface area (Å²) in [5, 5.41) is 2.73. The molecule has 0 aromatic rings. The molecule has 0 spiro atoms. The van der Waals surface area contributed by atoms with Crippen molar-refractivity contribution in [2.24, 2.45) is 5.92 Å². The van der Waals surface area contributed by atoms with Crippen molar-refractivity contribution in [2.45, 2.75) is 57.8 Å². The monoisotopic (exact) mass is 346 g/mol. The highest BCUT2D eigenvalue weighted by Gasteiger charge is 2.25. The van der Waals surface area contributed by atoms with E-state index in [1.165, 1.54) is 50.3 Å². The van der Waals surface area contributed by atoms with E-state index in [-0.39, 0.29) is 5.75 Å². The Morgan fingerprint density at radius 1 is 1.35 bits per heavy atom. The summed E-state index contributed by atoms with van der Waals surface area (Å²) in [5.41, 5.74) is 0.809. The maximum absolute atomic E-state index is 13.0. The SMILES string of the molecule is CC(F)(F)CSC1=C(NC=O)CN(CCC2CCCCC2)CC1. The number of nitrogens with one attached hydrogen (secondary N) is 1. The predicted molar refractivity (Wildman–Crippen MR) is 91.6 cm³/mol. The molecule has 132 valence electrons. The number of halogens is 2. The maximum atomic E-state index is 13.0. The lowest BCUT2D eigenvalue weighted by atomic mass is 9.87. The van der Waals surface area contributed by atoms with Gasteiger partial charge in [0, 0.05) is 30.6 Å². The topological polar surface area (TPSA) is 32.3 Å². The molecule has 0 radical (unpaired) electrons. The fourth-order valence-electron chi connectivity index (χ4n) is 3.40. The van der Waals surface area contributed by atoms with Crippen LogP contribution in [0.15, 0.2) is 10.6 Å². The third-order valence-electron chi connectivity index (χ3n) is 4.68. The van der Waals surface area contributed by atoms with Crippen LogP contribution in [0.3, 0.4) is 0 Å². The fraction of sp³-hybridized carbons (Fsp3) is 0.824. The predicted octanol–water partition coefficient (Wildman–Crippen LogP) is 4.01. The van der Waals surface area contributed by atoms with Gasteiger partial charge in [-0.1, -0.05) is 32.1 Å². The molecular weight excluding hydrogens is 318 g/mol. The Hall–Kier alpha value is -0.620. The molecule has 2 aliphatic rings. The number of rotatable bonds is 8. The molecule has 1 aliphatic carbocycles. The molecule has 1 aliphatic heterocycles. The van der Waals surface area contributed by atoms with E-state index in [1.807, 2.05) is 0 Å². The van der Waals surface area contributed by atoms with E-state index in [0.717, 1.165) is 43.0 Å². The molecule has 0 unspecified atom stereocenters. The van der Waals surface area contributed by atoms with Crippen LogP contribution in [-0.2, 0) is 4.79 Å². The minimum absolute atomic E-state index is 0.228. The quantitative estimate of drug-likeness (QED) is 0.674. The second-order valence-electron chi connectivity index (χ2n) is 6.84. The Morgan fingerprint density at radius 3 is 2.74 bits per heavy atom. The first kappa shape index (κ1) is 18.7. The lowest BCUT2D eigenvalue weighted by molar-refractivity contribution is -0.109. The van der Waals surface area contributed by atoms with Crippen molar-refractivity contribution in [3.8, 4) is 0 Å². The average Bonchev–Trinajstić information content (AvgIpc) is 2.52. The third kappa shape index (κ3) is 6.79. The van der Waals surface area contributed by atoms with Gasteiger partial charge in [-0.15, -0.1) is 11.8 Å². The van der Waals surface area contributed by atoms with Gasteiger partial charge in [0.1, 0.15) is 0 Å². The van der Waals surface area contributed by atoms with Crippen LogP contribution in [0.4, 0.5) is 8.78 Å². The molecule has 6 heteroatoms. The van der Waals surface area contributed by atoms with Gasteiger partial charge in [0.25, 0.3) is 5.92 Å². The van der Waals surface area contributed by atoms with Crippen LogP contribution in [-0.4, -0.2) is 42.6 Å². The summed E-state index contributed by atoms with van der Waals surface area (Å²) in [6.45, 7) is 3.54. The van der Waals surface area contributed by atoms with Crippen molar-refractivity contribution in [3.63, 3.8) is 0 Å². The van der Waals surface area contributed by atoms with Crippen LogP contribution in [0.5, 0.6) is 0 Å². The van der Waals surface area contributed by atoms with Crippen LogP contribution in [0, 0.1) is 5.92 Å². The molecule has 0 bridgehead atoms. The second-order valence-corrected chi connectivity index (χ2v) is 7.91. The smallest absolute Gasteiger partial charge is 0.254 e. The van der Waals surface area contributed by atoms with Gasteiger partial charge in [0.05, 0.1) is 5.75 Å². The molecule has 0 aromatic heterocycles. The van der Waals surface area contributed by atoms with Gasteiger partial charge in [-0.05, 0) is 25.3 Å². The van der Waals surface area contributed by atoms with Crippen LogP contribution >= 0.6 is 11.8 Å². The first-order valence-electron chi connectivity index (χ1n) is 8.63. The van der Waals surface area contributed by atoms with Crippen molar-refractivity contribution >= 4 is 18.2 Å². The Morgan fingerprint density at radius 2 is 2.09 bits per heavy atom. The zero-order valence-corrected chi connectivity index (χ0v) is 14.8. The molecule has 1 heterocycles. The lowest BCUT2D eigenvalue weighted by Crippen LogP contribution is -2.37. The number of carbonyl (C=O) groups is 1. The Balaban J connectivity index is 1.84. The second kappa shape index (κ2) is 9.02. The summed E-state index contributed by atoms with van der Waals surface area (Å²) in [5.74, 6) is -2.07. The van der Waals surface area contributed by atoms with E-state index < -0.39 is 5.92 Å². The number of carbonyl (C=O) groups excluding carboxylic acids is 1. The Bertz CT molecular complexity index is 417. The highest BCUT2D eigenvalue weighted by atomic mass is 32.2. The summed E-state index contributed by atoms with van der Waals surface area (Å²) in [7, 11) is 0. The van der Waals surface area contributed by atoms with Crippen LogP contribution in [0.2, 0.25) is 0 Å². The molecule has 1 amide bonds. The van der Waals surface area contributed by atoms with E-state index in [4.69, 9.17) is 0 Å². The van der Waals surface area contributed by atoms with Crippen LogP contribution in [0.25, 0.3) is 0 Å². The van der Waals surface area contributed by atoms with Crippen molar-refractivity contribution in [1.29, 1.82) is 0 Å². The molecule has 1 fully saturated rings. The van der Waals surface area contributed by atoms with Gasteiger partial charge in [0.15, 0.2) is 0 Å². The molecule has 2 rings (SSSR count). The highest BCUT2D eigenvalue weighted by molar-refractivity contribution is 8.03. The van der Waals surface area contributed by atoms with Gasteiger partial charge in [-0.3, -0.25) is 9.69 Å². The summed E-state index contributed by atoms with van der Waals surface area (Å²) < 4.78 is 26.1. The first-order valence-corrected chi connectivity index (χ1v) is 9.61. The van der Waals surface area contributed by atoms with Gasteiger partial charge in [-0.2, -0.15) is 0 Å². The molecule has 1 N–H and O–H groups in total. The third-order valence-corrected chi connectivity index (χ3v) is 6.13. The molecule has 1 saturated carbocycles. The van der Waals surface area contributed by atoms with E-state index in [9.17, 15) is 13.6 Å². The standard InChI is InChI=1S/C17H28F2N2OS/c1-17(18,19)12-23-16-8-10-21(11-15(16)20-13-22)9-7-14-5-3-2-4-6-14/h13-14H,2-12H2,1H3,(H,20,22). The number of hydrogen-bond acceptors (Lipinski definition) is 3.